The van der Waals surface area contributed by atoms with Gasteiger partial charge < -0.3 is 14.9 Å². The minimum absolute atomic E-state index is 0.0880. The van der Waals surface area contributed by atoms with Crippen LogP contribution in [0.15, 0.2) is 24.3 Å². The maximum absolute atomic E-state index is 11.6. The number of carbonyl (C=O) groups excluding carboxylic acids is 1. The Morgan fingerprint density at radius 3 is 1.11 bits per heavy atom. The van der Waals surface area contributed by atoms with Gasteiger partial charge in [0.15, 0.2) is 0 Å². The molecule has 0 unspecified atom stereocenters. The van der Waals surface area contributed by atoms with Gasteiger partial charge in [0, 0.05) is 6.07 Å². The van der Waals surface area contributed by atoms with Gasteiger partial charge in [-0.15, -0.1) is 0 Å². The van der Waals surface area contributed by atoms with Gasteiger partial charge in [0.25, 0.3) is 0 Å². The predicted molar refractivity (Wildman–Crippen MR) is 189 cm³/mol. The quantitative estimate of drug-likeness (QED) is 0.0365. The van der Waals surface area contributed by atoms with E-state index in [0.29, 0.717) is 13.2 Å². The number of rotatable bonds is 31. The smallest absolute Gasteiger partial charge is 0.508 e. The van der Waals surface area contributed by atoms with Crippen molar-refractivity contribution in [2.45, 2.75) is 194 Å². The third-order valence-corrected chi connectivity index (χ3v) is 8.26. The molecule has 0 amide bonds. The maximum atomic E-state index is 11.6. The van der Waals surface area contributed by atoms with E-state index in [-0.39, 0.29) is 11.5 Å². The molecule has 0 heterocycles. The highest BCUT2D eigenvalue weighted by Gasteiger charge is 2.05. The first-order valence-corrected chi connectivity index (χ1v) is 19.0. The summed E-state index contributed by atoms with van der Waals surface area (Å²) in [5.41, 5.74) is 0. The van der Waals surface area contributed by atoms with Crippen molar-refractivity contribution in [2.24, 2.45) is 0 Å². The summed E-state index contributed by atoms with van der Waals surface area (Å²) >= 11 is 0. The second-order valence-electron chi connectivity index (χ2n) is 12.7. The van der Waals surface area contributed by atoms with Gasteiger partial charge in [0.05, 0.1) is 13.2 Å². The third kappa shape index (κ3) is 36.4. The number of ether oxygens (including phenoxy) is 1. The van der Waals surface area contributed by atoms with Crippen molar-refractivity contribution in [3.05, 3.63) is 24.3 Å². The van der Waals surface area contributed by atoms with E-state index in [1.54, 1.807) is 6.07 Å². The lowest BCUT2D eigenvalue weighted by atomic mass is 10.0. The molecule has 0 saturated heterocycles. The average molecular weight is 637 g/mol. The van der Waals surface area contributed by atoms with Gasteiger partial charge in [-0.2, -0.15) is 4.89 Å². The third-order valence-electron chi connectivity index (χ3n) is 8.26. The number of unbranched alkanes of at least 4 members (excludes halogenated alkanes) is 26. The fourth-order valence-corrected chi connectivity index (χ4v) is 5.41. The standard InChI is InChI=1S/C33H66O4.C6H6O2/c1-3-5-7-9-11-13-15-17-19-21-23-25-27-29-31-35-33(34)37-36-32-30-28-26-24-22-20-18-16-14-12-10-8-6-4-2;7-5-2-1-3-6(8)4-5/h3-32H2,1-2H3;1-4,7-8H. The van der Waals surface area contributed by atoms with Crippen LogP contribution in [0.2, 0.25) is 0 Å². The van der Waals surface area contributed by atoms with E-state index in [9.17, 15) is 4.79 Å². The van der Waals surface area contributed by atoms with Crippen molar-refractivity contribution >= 4 is 6.16 Å². The molecule has 6 nitrogen and oxygen atoms in total. The van der Waals surface area contributed by atoms with Gasteiger partial charge in [-0.05, 0) is 25.0 Å². The second kappa shape index (κ2) is 36.5. The van der Waals surface area contributed by atoms with Crippen LogP contribution >= 0.6 is 0 Å². The summed E-state index contributed by atoms with van der Waals surface area (Å²) in [4.78, 5) is 21.3. The fraction of sp³-hybridized carbons (Fsp3) is 0.821. The van der Waals surface area contributed by atoms with Gasteiger partial charge in [0.1, 0.15) is 11.5 Å². The Morgan fingerprint density at radius 1 is 0.489 bits per heavy atom. The SMILES string of the molecule is CCCCCCCCCCCCCCCCOOC(=O)OCCCCCCCCCCCCCCCC.Oc1cccc(O)c1. The fourth-order valence-electron chi connectivity index (χ4n) is 5.41. The van der Waals surface area contributed by atoms with Gasteiger partial charge in [-0.3, -0.25) is 4.89 Å². The van der Waals surface area contributed by atoms with Crippen LogP contribution in [-0.4, -0.2) is 29.6 Å². The molecular weight excluding hydrogens is 564 g/mol. The van der Waals surface area contributed by atoms with E-state index < -0.39 is 6.16 Å². The first-order valence-electron chi connectivity index (χ1n) is 19.0. The number of hydrogen-bond donors (Lipinski definition) is 2. The zero-order valence-electron chi connectivity index (χ0n) is 29.6. The Balaban J connectivity index is 0.00000208. The zero-order valence-corrected chi connectivity index (χ0v) is 29.6. The van der Waals surface area contributed by atoms with Crippen LogP contribution in [-0.2, 0) is 14.5 Å². The van der Waals surface area contributed by atoms with Crippen molar-refractivity contribution < 1.29 is 29.5 Å². The largest absolute Gasteiger partial charge is 0.540 e. The molecule has 1 aromatic carbocycles. The first-order chi connectivity index (χ1) is 22.1. The highest BCUT2D eigenvalue weighted by molar-refractivity contribution is 5.58. The van der Waals surface area contributed by atoms with Gasteiger partial charge in [0.2, 0.25) is 0 Å². The van der Waals surface area contributed by atoms with Crippen molar-refractivity contribution in [3.8, 4) is 11.5 Å². The van der Waals surface area contributed by atoms with Crippen LogP contribution < -0.4 is 0 Å². The topological polar surface area (TPSA) is 85.2 Å². The molecule has 0 bridgehead atoms. The lowest BCUT2D eigenvalue weighted by Gasteiger charge is -2.06. The summed E-state index contributed by atoms with van der Waals surface area (Å²) in [5, 5.41) is 17.3. The first kappa shape index (κ1) is 43.0. The number of benzene rings is 1. The highest BCUT2D eigenvalue weighted by atomic mass is 17.2. The molecule has 0 saturated carbocycles. The summed E-state index contributed by atoms with van der Waals surface area (Å²) in [7, 11) is 0. The van der Waals surface area contributed by atoms with Crippen molar-refractivity contribution in [3.63, 3.8) is 0 Å². The molecule has 0 aromatic heterocycles. The Kier molecular flexibility index (Phi) is 34.9. The van der Waals surface area contributed by atoms with E-state index >= 15 is 0 Å². The van der Waals surface area contributed by atoms with Crippen LogP contribution in [0.5, 0.6) is 11.5 Å². The Hall–Kier alpha value is -1.95. The number of aromatic hydroxyl groups is 2. The molecule has 0 atom stereocenters. The highest BCUT2D eigenvalue weighted by Crippen LogP contribution is 2.16. The Bertz CT molecular complexity index is 708. The molecule has 0 aliphatic carbocycles. The Morgan fingerprint density at radius 2 is 0.800 bits per heavy atom. The summed E-state index contributed by atoms with van der Waals surface area (Å²) in [6, 6.07) is 5.85. The summed E-state index contributed by atoms with van der Waals surface area (Å²) in [5.74, 6) is 0.176. The van der Waals surface area contributed by atoms with Crippen LogP contribution in [0.3, 0.4) is 0 Å². The lowest BCUT2D eigenvalue weighted by molar-refractivity contribution is -0.255. The summed E-state index contributed by atoms with van der Waals surface area (Å²) < 4.78 is 5.09. The average Bonchev–Trinajstić information content (AvgIpc) is 3.03. The molecule has 1 aromatic rings. The summed E-state index contributed by atoms with van der Waals surface area (Å²) in [6.07, 6.45) is 36.4. The van der Waals surface area contributed by atoms with Crippen LogP contribution in [0.25, 0.3) is 0 Å². The molecule has 0 aliphatic rings. The predicted octanol–water partition coefficient (Wildman–Crippen LogP) is 13.1. The second-order valence-corrected chi connectivity index (χ2v) is 12.7. The van der Waals surface area contributed by atoms with Gasteiger partial charge >= 0.3 is 6.16 Å². The van der Waals surface area contributed by atoms with Gasteiger partial charge in [-0.25, -0.2) is 4.79 Å². The molecular formula is C39H72O6. The van der Waals surface area contributed by atoms with Crippen molar-refractivity contribution in [2.75, 3.05) is 13.2 Å². The summed E-state index contributed by atoms with van der Waals surface area (Å²) in [6.45, 7) is 5.45. The molecule has 2 N–H and O–H groups in total. The Labute approximate surface area is 278 Å². The lowest BCUT2D eigenvalue weighted by Crippen LogP contribution is -2.09. The van der Waals surface area contributed by atoms with Crippen LogP contribution in [0.4, 0.5) is 4.79 Å². The minimum atomic E-state index is -0.694. The normalized spacial score (nSPS) is 10.8. The van der Waals surface area contributed by atoms with Crippen LogP contribution in [0.1, 0.15) is 194 Å². The number of hydrogen-bond acceptors (Lipinski definition) is 6. The monoisotopic (exact) mass is 637 g/mol. The van der Waals surface area contributed by atoms with E-state index in [0.717, 1.165) is 25.7 Å². The molecule has 0 fully saturated rings. The van der Waals surface area contributed by atoms with E-state index in [4.69, 9.17) is 24.7 Å². The van der Waals surface area contributed by atoms with E-state index in [2.05, 4.69) is 13.8 Å². The zero-order chi connectivity index (χ0) is 32.9. The molecule has 1 rings (SSSR count). The van der Waals surface area contributed by atoms with Crippen molar-refractivity contribution in [1.82, 2.24) is 0 Å². The van der Waals surface area contributed by atoms with Crippen LogP contribution in [0, 0.1) is 0 Å². The van der Waals surface area contributed by atoms with E-state index in [1.165, 1.54) is 172 Å². The minimum Gasteiger partial charge on any atom is -0.508 e. The molecule has 6 heteroatoms. The van der Waals surface area contributed by atoms with Gasteiger partial charge in [-0.1, -0.05) is 187 Å². The molecule has 45 heavy (non-hydrogen) atoms. The molecule has 0 spiro atoms. The maximum Gasteiger partial charge on any atom is 0.540 e. The number of carbonyl (C=O) groups is 1. The molecule has 0 radical (unpaired) electrons. The molecule has 0 aliphatic heterocycles. The van der Waals surface area contributed by atoms with E-state index in [1.807, 2.05) is 0 Å². The van der Waals surface area contributed by atoms with Crippen molar-refractivity contribution in [1.29, 1.82) is 0 Å². The number of phenols is 2. The molecule has 264 valence electrons. The number of phenolic OH excluding ortho intramolecular Hbond substituents is 2.